The highest BCUT2D eigenvalue weighted by molar-refractivity contribution is 6.32. The van der Waals surface area contributed by atoms with E-state index in [-0.39, 0.29) is 11.2 Å². The molecule has 0 aliphatic rings. The molecule has 0 aliphatic carbocycles. The molecule has 1 aromatic carbocycles. The number of imidazole rings is 1. The summed E-state index contributed by atoms with van der Waals surface area (Å²) in [5, 5.41) is 7.14. The number of H-pyrrole nitrogens is 2. The number of aromatic nitrogens is 4. The first-order valence-corrected chi connectivity index (χ1v) is 6.15. The highest BCUT2D eigenvalue weighted by Gasteiger charge is 2.15. The van der Waals surface area contributed by atoms with Crippen molar-refractivity contribution in [3.05, 3.63) is 28.9 Å². The zero-order valence-corrected chi connectivity index (χ0v) is 10.8. The Kier molecular flexibility index (Phi) is 2.67. The van der Waals surface area contributed by atoms with E-state index in [9.17, 15) is 4.39 Å². The van der Waals surface area contributed by atoms with Crippen molar-refractivity contribution in [2.24, 2.45) is 0 Å². The molecule has 5 nitrogen and oxygen atoms in total. The van der Waals surface area contributed by atoms with Gasteiger partial charge in [0.15, 0.2) is 5.82 Å². The van der Waals surface area contributed by atoms with Gasteiger partial charge in [0.25, 0.3) is 0 Å². The summed E-state index contributed by atoms with van der Waals surface area (Å²) in [7, 11) is 0. The molecule has 0 amide bonds. The number of nitrogens with zero attached hydrogens (tertiary/aromatic N) is 2. The topological polar surface area (TPSA) is 83.4 Å². The predicted molar refractivity (Wildman–Crippen MR) is 72.4 cm³/mol. The van der Waals surface area contributed by atoms with Crippen LogP contribution in [0.1, 0.15) is 12.7 Å². The van der Waals surface area contributed by atoms with Crippen molar-refractivity contribution < 1.29 is 4.39 Å². The Balaban J connectivity index is 2.22. The summed E-state index contributed by atoms with van der Waals surface area (Å²) in [4.78, 5) is 7.28. The van der Waals surface area contributed by atoms with Gasteiger partial charge in [-0.3, -0.25) is 5.10 Å². The van der Waals surface area contributed by atoms with Gasteiger partial charge in [0.2, 0.25) is 0 Å². The van der Waals surface area contributed by atoms with Crippen molar-refractivity contribution in [2.45, 2.75) is 13.3 Å². The average molecular weight is 280 g/mol. The second-order valence-electron chi connectivity index (χ2n) is 4.19. The lowest BCUT2D eigenvalue weighted by Gasteiger charge is -2.00. The van der Waals surface area contributed by atoms with E-state index < -0.39 is 5.82 Å². The van der Waals surface area contributed by atoms with Gasteiger partial charge >= 0.3 is 0 Å². The highest BCUT2D eigenvalue weighted by Crippen LogP contribution is 2.31. The zero-order valence-electron chi connectivity index (χ0n) is 10.1. The molecule has 0 spiro atoms. The van der Waals surface area contributed by atoms with E-state index in [4.69, 9.17) is 17.3 Å². The number of aromatic amines is 2. The fourth-order valence-corrected chi connectivity index (χ4v) is 2.29. The summed E-state index contributed by atoms with van der Waals surface area (Å²) in [6.07, 6.45) is 0.724. The average Bonchev–Trinajstić information content (AvgIpc) is 2.93. The van der Waals surface area contributed by atoms with Crippen LogP contribution in [-0.2, 0) is 6.42 Å². The van der Waals surface area contributed by atoms with Crippen molar-refractivity contribution in [2.75, 3.05) is 5.73 Å². The molecule has 0 saturated heterocycles. The molecule has 4 N–H and O–H groups in total. The van der Waals surface area contributed by atoms with Gasteiger partial charge in [0, 0.05) is 12.0 Å². The van der Waals surface area contributed by atoms with Crippen molar-refractivity contribution in [3.8, 4) is 11.3 Å². The van der Waals surface area contributed by atoms with E-state index >= 15 is 0 Å². The number of aryl methyl sites for hydroxylation is 1. The molecule has 98 valence electrons. The summed E-state index contributed by atoms with van der Waals surface area (Å²) in [5.41, 5.74) is 7.21. The van der Waals surface area contributed by atoms with E-state index in [1.165, 1.54) is 6.07 Å². The molecular weight excluding hydrogens is 269 g/mol. The van der Waals surface area contributed by atoms with Gasteiger partial charge in [0.1, 0.15) is 22.5 Å². The second kappa shape index (κ2) is 4.24. The lowest BCUT2D eigenvalue weighted by Crippen LogP contribution is -1.88. The maximum absolute atomic E-state index is 14.0. The fourth-order valence-electron chi connectivity index (χ4n) is 2.02. The molecule has 0 aliphatic heterocycles. The third-order valence-corrected chi connectivity index (χ3v) is 3.23. The number of hydrogen-bond donors (Lipinski definition) is 3. The van der Waals surface area contributed by atoms with Crippen LogP contribution in [0.25, 0.3) is 22.2 Å². The highest BCUT2D eigenvalue weighted by atomic mass is 35.5. The lowest BCUT2D eigenvalue weighted by molar-refractivity contribution is 0.640. The molecule has 0 fully saturated rings. The molecule has 0 saturated carbocycles. The molecule has 0 unspecified atom stereocenters. The first-order valence-electron chi connectivity index (χ1n) is 5.78. The monoisotopic (exact) mass is 279 g/mol. The number of nitrogens with one attached hydrogen (secondary N) is 2. The fraction of sp³-hybridized carbons (Fsp3) is 0.167. The number of nitrogens with two attached hydrogens (primary N) is 1. The van der Waals surface area contributed by atoms with Crippen molar-refractivity contribution in [3.63, 3.8) is 0 Å². The van der Waals surface area contributed by atoms with E-state index in [0.717, 1.165) is 12.2 Å². The Morgan fingerprint density at radius 3 is 2.89 bits per heavy atom. The molecule has 19 heavy (non-hydrogen) atoms. The molecule has 2 aromatic heterocycles. The van der Waals surface area contributed by atoms with Gasteiger partial charge in [-0.2, -0.15) is 5.10 Å². The molecule has 2 heterocycles. The molecule has 0 atom stereocenters. The number of rotatable bonds is 2. The predicted octanol–water partition coefficient (Wildman–Crippen LogP) is 2.89. The number of hydrogen-bond acceptors (Lipinski definition) is 3. The lowest BCUT2D eigenvalue weighted by atomic mass is 10.1. The minimum absolute atomic E-state index is 0.140. The van der Waals surface area contributed by atoms with Crippen LogP contribution in [0.3, 0.4) is 0 Å². The molecule has 3 rings (SSSR count). The van der Waals surface area contributed by atoms with Crippen molar-refractivity contribution in [1.82, 2.24) is 20.2 Å². The third kappa shape index (κ3) is 1.84. The van der Waals surface area contributed by atoms with Crippen LogP contribution in [0.5, 0.6) is 0 Å². The Morgan fingerprint density at radius 1 is 1.42 bits per heavy atom. The standard InChI is InChI=1S/C12H11ClFN5/c1-2-8-16-10(11(13)17-8)5-3-6(14)9-7(4-5)18-19-12(9)15/h3-4H,2H2,1H3,(H,16,17)(H3,15,18,19). The summed E-state index contributed by atoms with van der Waals surface area (Å²) >= 11 is 6.08. The minimum Gasteiger partial charge on any atom is -0.382 e. The van der Waals surface area contributed by atoms with Gasteiger partial charge in [-0.15, -0.1) is 0 Å². The molecule has 0 bridgehead atoms. The summed E-state index contributed by atoms with van der Waals surface area (Å²) in [5.74, 6) is 0.446. The van der Waals surface area contributed by atoms with Gasteiger partial charge in [-0.05, 0) is 12.1 Å². The summed E-state index contributed by atoms with van der Waals surface area (Å²) < 4.78 is 14.0. The number of anilines is 1. The summed E-state index contributed by atoms with van der Waals surface area (Å²) in [6.45, 7) is 1.96. The normalized spacial score (nSPS) is 11.3. The van der Waals surface area contributed by atoms with Crippen LogP contribution in [0.4, 0.5) is 10.2 Å². The Morgan fingerprint density at radius 2 is 2.21 bits per heavy atom. The van der Waals surface area contributed by atoms with Crippen LogP contribution >= 0.6 is 11.6 Å². The van der Waals surface area contributed by atoms with E-state index in [2.05, 4.69) is 20.2 Å². The largest absolute Gasteiger partial charge is 0.382 e. The Hall–Kier alpha value is -2.08. The molecule has 0 radical (unpaired) electrons. The molecule has 7 heteroatoms. The smallest absolute Gasteiger partial charge is 0.156 e. The Bertz CT molecular complexity index is 761. The third-order valence-electron chi connectivity index (χ3n) is 2.96. The molecule has 3 aromatic rings. The maximum Gasteiger partial charge on any atom is 0.156 e. The maximum atomic E-state index is 14.0. The molecular formula is C12H11ClFN5. The van der Waals surface area contributed by atoms with Gasteiger partial charge in [-0.25, -0.2) is 9.37 Å². The van der Waals surface area contributed by atoms with Gasteiger partial charge < -0.3 is 10.7 Å². The van der Waals surface area contributed by atoms with Crippen molar-refractivity contribution >= 4 is 28.3 Å². The van der Waals surface area contributed by atoms with E-state index in [1.807, 2.05) is 6.92 Å². The number of halogens is 2. The van der Waals surface area contributed by atoms with Crippen LogP contribution in [-0.4, -0.2) is 20.2 Å². The number of benzene rings is 1. The van der Waals surface area contributed by atoms with Crippen LogP contribution in [0, 0.1) is 5.82 Å². The van der Waals surface area contributed by atoms with Crippen LogP contribution < -0.4 is 5.73 Å². The van der Waals surface area contributed by atoms with E-state index in [0.29, 0.717) is 21.9 Å². The van der Waals surface area contributed by atoms with Crippen LogP contribution in [0.15, 0.2) is 12.1 Å². The first-order chi connectivity index (χ1) is 9.10. The zero-order chi connectivity index (χ0) is 13.6. The van der Waals surface area contributed by atoms with Crippen molar-refractivity contribution in [1.29, 1.82) is 0 Å². The second-order valence-corrected chi connectivity index (χ2v) is 4.57. The quantitative estimate of drug-likeness (QED) is 0.674. The number of fused-ring (bicyclic) bond motifs is 1. The number of nitrogen functional groups attached to an aromatic ring is 1. The minimum atomic E-state index is -0.448. The van der Waals surface area contributed by atoms with Crippen LogP contribution in [0.2, 0.25) is 5.15 Å². The van der Waals surface area contributed by atoms with Gasteiger partial charge in [0.05, 0.1) is 10.9 Å². The first kappa shape index (κ1) is 12.0. The van der Waals surface area contributed by atoms with E-state index in [1.54, 1.807) is 6.07 Å². The Labute approximate surface area is 113 Å². The van der Waals surface area contributed by atoms with Gasteiger partial charge in [-0.1, -0.05) is 18.5 Å². The SMILES string of the molecule is CCc1nc(-c2cc(F)c3c(N)n[nH]c3c2)c(Cl)[nH]1. The summed E-state index contributed by atoms with van der Waals surface area (Å²) in [6, 6.07) is 3.08.